The zero-order valence-corrected chi connectivity index (χ0v) is 17.9. The second-order valence-corrected chi connectivity index (χ2v) is 8.13. The van der Waals surface area contributed by atoms with Crippen molar-refractivity contribution in [3.8, 4) is 0 Å². The maximum absolute atomic E-state index is 12.5. The molecule has 1 aromatic carbocycles. The van der Waals surface area contributed by atoms with Gasteiger partial charge >= 0.3 is 0 Å². The van der Waals surface area contributed by atoms with Crippen LogP contribution in [-0.4, -0.2) is 47.9 Å². The Kier molecular flexibility index (Phi) is 5.60. The zero-order chi connectivity index (χ0) is 22.1. The van der Waals surface area contributed by atoms with Crippen molar-refractivity contribution in [1.82, 2.24) is 15.6 Å². The Morgan fingerprint density at radius 3 is 2.58 bits per heavy atom. The highest BCUT2D eigenvalue weighted by molar-refractivity contribution is 6.33. The summed E-state index contributed by atoms with van der Waals surface area (Å²) in [6.07, 6.45) is 3.10. The maximum atomic E-state index is 12.5. The molecule has 2 aromatic rings. The van der Waals surface area contributed by atoms with Crippen LogP contribution in [0.2, 0.25) is 5.02 Å². The number of hydrogen-bond acceptors (Lipinski definition) is 6. The Hall–Kier alpha value is -3.10. The minimum absolute atomic E-state index is 0.0961. The lowest BCUT2D eigenvalue weighted by Gasteiger charge is -2.25. The SMILES string of the molecule is CC1(C)OC2=C(CNC(=O)c3ccccc3Cl)OC[C@]2(CNC(=O)c2ccncc2)O1. The largest absolute Gasteiger partial charge is 0.489 e. The van der Waals surface area contributed by atoms with Gasteiger partial charge in [0.1, 0.15) is 6.61 Å². The summed E-state index contributed by atoms with van der Waals surface area (Å²) in [7, 11) is 0. The molecule has 0 spiro atoms. The average Bonchev–Trinajstić information content (AvgIpc) is 3.21. The van der Waals surface area contributed by atoms with Crippen LogP contribution in [0.4, 0.5) is 0 Å². The average molecular weight is 444 g/mol. The first-order valence-corrected chi connectivity index (χ1v) is 10.1. The molecule has 3 heterocycles. The fourth-order valence-corrected chi connectivity index (χ4v) is 3.80. The van der Waals surface area contributed by atoms with Gasteiger partial charge in [-0.1, -0.05) is 23.7 Å². The fraction of sp³-hybridized carbons (Fsp3) is 0.318. The standard InChI is InChI=1S/C22H22ClN3O5/c1-21(2)30-18-17(11-25-20(28)15-5-3-4-6-16(15)23)29-13-22(18,31-21)12-26-19(27)14-7-9-24-10-8-14/h3-10H,11-13H2,1-2H3,(H,25,28)(H,26,27)/t22-/m0/s1. The van der Waals surface area contributed by atoms with Crippen LogP contribution in [-0.2, 0) is 14.2 Å². The molecule has 0 unspecified atom stereocenters. The molecular formula is C22H22ClN3O5. The first-order valence-electron chi connectivity index (χ1n) is 9.76. The Morgan fingerprint density at radius 2 is 1.84 bits per heavy atom. The molecule has 2 aliphatic heterocycles. The van der Waals surface area contributed by atoms with Crippen LogP contribution in [0.3, 0.4) is 0 Å². The number of aromatic nitrogens is 1. The maximum Gasteiger partial charge on any atom is 0.253 e. The summed E-state index contributed by atoms with van der Waals surface area (Å²) in [6, 6.07) is 10.0. The lowest BCUT2D eigenvalue weighted by Crippen LogP contribution is -2.46. The number of benzene rings is 1. The van der Waals surface area contributed by atoms with E-state index in [1.807, 2.05) is 0 Å². The van der Waals surface area contributed by atoms with Crippen LogP contribution in [0.5, 0.6) is 0 Å². The van der Waals surface area contributed by atoms with Crippen LogP contribution < -0.4 is 10.6 Å². The third-order valence-electron chi connectivity index (χ3n) is 4.94. The third-order valence-corrected chi connectivity index (χ3v) is 5.27. The van der Waals surface area contributed by atoms with E-state index >= 15 is 0 Å². The number of hydrogen-bond donors (Lipinski definition) is 2. The van der Waals surface area contributed by atoms with E-state index in [-0.39, 0.29) is 31.5 Å². The number of nitrogens with zero attached hydrogens (tertiary/aromatic N) is 1. The minimum atomic E-state index is -0.976. The van der Waals surface area contributed by atoms with Gasteiger partial charge in [-0.3, -0.25) is 14.6 Å². The molecule has 2 aliphatic rings. The number of rotatable bonds is 6. The molecule has 31 heavy (non-hydrogen) atoms. The van der Waals surface area contributed by atoms with E-state index in [1.54, 1.807) is 62.6 Å². The number of carbonyl (C=O) groups is 2. The Labute approximate surface area is 184 Å². The number of nitrogens with one attached hydrogen (secondary N) is 2. The van der Waals surface area contributed by atoms with Gasteiger partial charge in [0.15, 0.2) is 17.1 Å². The summed E-state index contributed by atoms with van der Waals surface area (Å²) in [4.78, 5) is 28.9. The van der Waals surface area contributed by atoms with Gasteiger partial charge in [-0.15, -0.1) is 0 Å². The van der Waals surface area contributed by atoms with Gasteiger partial charge in [0, 0.05) is 31.8 Å². The molecule has 1 atom stereocenters. The van der Waals surface area contributed by atoms with Crippen LogP contribution in [0.25, 0.3) is 0 Å². The van der Waals surface area contributed by atoms with Gasteiger partial charge in [0.25, 0.3) is 11.8 Å². The van der Waals surface area contributed by atoms with Gasteiger partial charge in [0.05, 0.1) is 23.7 Å². The van der Waals surface area contributed by atoms with Gasteiger partial charge in [-0.25, -0.2) is 0 Å². The molecule has 1 saturated heterocycles. The molecule has 1 aromatic heterocycles. The quantitative estimate of drug-likeness (QED) is 0.712. The number of ether oxygens (including phenoxy) is 3. The van der Waals surface area contributed by atoms with Crippen molar-refractivity contribution < 1.29 is 23.8 Å². The van der Waals surface area contributed by atoms with Crippen molar-refractivity contribution in [2.75, 3.05) is 19.7 Å². The third kappa shape index (κ3) is 4.35. The highest BCUT2D eigenvalue weighted by Gasteiger charge is 2.56. The number of fused-ring (bicyclic) bond motifs is 1. The van der Waals surface area contributed by atoms with Gasteiger partial charge in [0.2, 0.25) is 5.79 Å². The number of halogens is 1. The summed E-state index contributed by atoms with van der Waals surface area (Å²) in [5, 5.41) is 6.02. The highest BCUT2D eigenvalue weighted by atomic mass is 35.5. The molecule has 0 radical (unpaired) electrons. The molecule has 2 N–H and O–H groups in total. The first-order chi connectivity index (χ1) is 14.8. The fourth-order valence-electron chi connectivity index (χ4n) is 3.58. The molecule has 4 rings (SSSR count). The number of pyridine rings is 1. The Morgan fingerprint density at radius 1 is 1.10 bits per heavy atom. The van der Waals surface area contributed by atoms with Crippen molar-refractivity contribution in [3.05, 3.63) is 76.5 Å². The smallest absolute Gasteiger partial charge is 0.253 e. The van der Waals surface area contributed by atoms with Gasteiger partial charge in [-0.2, -0.15) is 0 Å². The van der Waals surface area contributed by atoms with Crippen molar-refractivity contribution in [3.63, 3.8) is 0 Å². The Balaban J connectivity index is 1.48. The van der Waals surface area contributed by atoms with E-state index in [1.165, 1.54) is 0 Å². The Bertz CT molecular complexity index is 1040. The van der Waals surface area contributed by atoms with Crippen molar-refractivity contribution in [1.29, 1.82) is 0 Å². The van der Waals surface area contributed by atoms with Crippen LogP contribution >= 0.6 is 11.6 Å². The second-order valence-electron chi connectivity index (χ2n) is 7.72. The lowest BCUT2D eigenvalue weighted by molar-refractivity contribution is -0.170. The molecule has 0 aliphatic carbocycles. The summed E-state index contributed by atoms with van der Waals surface area (Å²) >= 11 is 6.09. The molecule has 2 amide bonds. The van der Waals surface area contributed by atoms with Crippen molar-refractivity contribution in [2.45, 2.75) is 25.2 Å². The summed E-state index contributed by atoms with van der Waals surface area (Å²) in [5.74, 6) is -0.580. The first kappa shape index (κ1) is 21.1. The number of carbonyl (C=O) groups excluding carboxylic acids is 2. The van der Waals surface area contributed by atoms with E-state index < -0.39 is 11.4 Å². The van der Waals surface area contributed by atoms with E-state index in [0.717, 1.165) is 0 Å². The van der Waals surface area contributed by atoms with Crippen LogP contribution in [0.15, 0.2) is 60.3 Å². The lowest BCUT2D eigenvalue weighted by atomic mass is 10.0. The van der Waals surface area contributed by atoms with Crippen molar-refractivity contribution >= 4 is 23.4 Å². The molecular weight excluding hydrogens is 422 g/mol. The van der Waals surface area contributed by atoms with Crippen LogP contribution in [0, 0.1) is 0 Å². The van der Waals surface area contributed by atoms with Crippen molar-refractivity contribution in [2.24, 2.45) is 0 Å². The second kappa shape index (κ2) is 8.20. The monoisotopic (exact) mass is 443 g/mol. The predicted molar refractivity (Wildman–Crippen MR) is 112 cm³/mol. The van der Waals surface area contributed by atoms with Crippen LogP contribution in [0.1, 0.15) is 34.6 Å². The normalized spacial score (nSPS) is 21.1. The van der Waals surface area contributed by atoms with Gasteiger partial charge < -0.3 is 24.8 Å². The topological polar surface area (TPSA) is 98.8 Å². The van der Waals surface area contributed by atoms with Gasteiger partial charge in [-0.05, 0) is 24.3 Å². The molecule has 1 fully saturated rings. The molecule has 9 heteroatoms. The summed E-state index contributed by atoms with van der Waals surface area (Å²) < 4.78 is 17.9. The molecule has 162 valence electrons. The molecule has 0 saturated carbocycles. The number of amides is 2. The minimum Gasteiger partial charge on any atom is -0.489 e. The van der Waals surface area contributed by atoms with E-state index in [0.29, 0.717) is 27.7 Å². The summed E-state index contributed by atoms with van der Waals surface area (Å²) in [5.41, 5.74) is -0.120. The summed E-state index contributed by atoms with van der Waals surface area (Å²) in [6.45, 7) is 3.96. The molecule has 8 nitrogen and oxygen atoms in total. The predicted octanol–water partition coefficient (Wildman–Crippen LogP) is 2.66. The van der Waals surface area contributed by atoms with E-state index in [4.69, 9.17) is 25.8 Å². The van der Waals surface area contributed by atoms with E-state index in [2.05, 4.69) is 15.6 Å². The zero-order valence-electron chi connectivity index (χ0n) is 17.1. The highest BCUT2D eigenvalue weighted by Crippen LogP contribution is 2.45. The van der Waals surface area contributed by atoms with E-state index in [9.17, 15) is 9.59 Å². The molecule has 0 bridgehead atoms.